The summed E-state index contributed by atoms with van der Waals surface area (Å²) in [4.78, 5) is 14.1. The quantitative estimate of drug-likeness (QED) is 0.878. The molecule has 2 N–H and O–H groups in total. The van der Waals surface area contributed by atoms with E-state index < -0.39 is 0 Å². The van der Waals surface area contributed by atoms with Gasteiger partial charge in [0.05, 0.1) is 0 Å². The molecule has 0 radical (unpaired) electrons. The van der Waals surface area contributed by atoms with E-state index in [1.54, 1.807) is 4.90 Å². The van der Waals surface area contributed by atoms with Gasteiger partial charge in [-0.15, -0.1) is 0 Å². The second-order valence-corrected chi connectivity index (χ2v) is 6.68. The van der Waals surface area contributed by atoms with E-state index in [0.717, 1.165) is 36.6 Å². The number of piperidine rings is 1. The van der Waals surface area contributed by atoms with E-state index in [0.29, 0.717) is 6.54 Å². The maximum absolute atomic E-state index is 12.3. The van der Waals surface area contributed by atoms with Crippen molar-refractivity contribution in [3.8, 4) is 0 Å². The molecule has 1 aromatic carbocycles. The number of rotatable bonds is 5. The van der Waals surface area contributed by atoms with Crippen molar-refractivity contribution < 1.29 is 9.90 Å². The van der Waals surface area contributed by atoms with Gasteiger partial charge in [0, 0.05) is 31.1 Å². The minimum Gasteiger partial charge on any atom is -0.396 e. The molecule has 21 heavy (non-hydrogen) atoms. The van der Waals surface area contributed by atoms with Crippen LogP contribution < -0.4 is 5.32 Å². The monoisotopic (exact) mass is 308 g/mol. The summed E-state index contributed by atoms with van der Waals surface area (Å²) < 4.78 is 0. The number of thioether (sulfide) groups is 1. The minimum absolute atomic E-state index is 0.0616. The van der Waals surface area contributed by atoms with Crippen LogP contribution in [0.25, 0.3) is 0 Å². The Labute approximate surface area is 130 Å². The first-order valence-electron chi connectivity index (χ1n) is 7.56. The van der Waals surface area contributed by atoms with Crippen molar-refractivity contribution in [2.45, 2.75) is 25.5 Å². The van der Waals surface area contributed by atoms with E-state index in [-0.39, 0.29) is 18.6 Å². The predicted octanol–water partition coefficient (Wildman–Crippen LogP) is 3.18. The molecule has 1 atom stereocenters. The molecule has 1 aliphatic heterocycles. The molecule has 0 aliphatic carbocycles. The van der Waals surface area contributed by atoms with Gasteiger partial charge in [0.1, 0.15) is 0 Å². The average Bonchev–Trinajstić information content (AvgIpc) is 2.53. The summed E-state index contributed by atoms with van der Waals surface area (Å²) in [6, 6.07) is 7.96. The lowest BCUT2D eigenvalue weighted by Crippen LogP contribution is -2.43. The van der Waals surface area contributed by atoms with Crippen LogP contribution in [0.3, 0.4) is 0 Å². The first-order chi connectivity index (χ1) is 10.2. The van der Waals surface area contributed by atoms with E-state index in [9.17, 15) is 9.90 Å². The van der Waals surface area contributed by atoms with Crippen molar-refractivity contribution in [3.05, 3.63) is 29.8 Å². The molecule has 0 saturated carbocycles. The van der Waals surface area contributed by atoms with Gasteiger partial charge in [0.2, 0.25) is 0 Å². The molecule has 1 aliphatic rings. The minimum atomic E-state index is -0.0616. The molecule has 0 unspecified atom stereocenters. The Morgan fingerprint density at radius 2 is 2.38 bits per heavy atom. The highest BCUT2D eigenvalue weighted by atomic mass is 32.2. The Morgan fingerprint density at radius 3 is 3.14 bits per heavy atom. The highest BCUT2D eigenvalue weighted by Gasteiger charge is 2.23. The van der Waals surface area contributed by atoms with Crippen molar-refractivity contribution in [2.75, 3.05) is 30.8 Å². The lowest BCUT2D eigenvalue weighted by Gasteiger charge is -2.31. The van der Waals surface area contributed by atoms with E-state index in [1.165, 1.54) is 5.56 Å². The number of urea groups is 1. The van der Waals surface area contributed by atoms with Crippen LogP contribution in [0.1, 0.15) is 25.3 Å². The van der Waals surface area contributed by atoms with Gasteiger partial charge in [-0.05, 0) is 42.2 Å². The molecular formula is C16H24N2O2S. The van der Waals surface area contributed by atoms with E-state index in [2.05, 4.69) is 18.3 Å². The lowest BCUT2D eigenvalue weighted by molar-refractivity contribution is 0.136. The van der Waals surface area contributed by atoms with Crippen LogP contribution >= 0.6 is 11.8 Å². The number of hydrogen-bond donors (Lipinski definition) is 2. The number of aliphatic hydroxyl groups is 1. The molecule has 116 valence electrons. The molecule has 0 bridgehead atoms. The topological polar surface area (TPSA) is 52.6 Å². The van der Waals surface area contributed by atoms with E-state index in [4.69, 9.17) is 0 Å². The molecule has 0 spiro atoms. The molecule has 1 saturated heterocycles. The van der Waals surface area contributed by atoms with Crippen LogP contribution in [-0.2, 0) is 5.75 Å². The number of nitrogens with zero attached hydrogens (tertiary/aromatic N) is 1. The number of nitrogens with one attached hydrogen (secondary N) is 1. The Hall–Kier alpha value is -1.20. The molecule has 2 rings (SSSR count). The largest absolute Gasteiger partial charge is 0.396 e. The second kappa shape index (κ2) is 8.29. The maximum atomic E-state index is 12.3. The van der Waals surface area contributed by atoms with Gasteiger partial charge in [-0.25, -0.2) is 4.79 Å². The lowest BCUT2D eigenvalue weighted by atomic mass is 9.99. The molecule has 1 aromatic rings. The van der Waals surface area contributed by atoms with Crippen LogP contribution in [0.5, 0.6) is 0 Å². The Bertz CT molecular complexity index is 467. The fraction of sp³-hybridized carbons (Fsp3) is 0.562. The molecule has 4 nitrogen and oxygen atoms in total. The van der Waals surface area contributed by atoms with Crippen molar-refractivity contribution in [1.29, 1.82) is 0 Å². The summed E-state index contributed by atoms with van der Waals surface area (Å²) in [5, 5.41) is 12.2. The molecular weight excluding hydrogens is 284 g/mol. The van der Waals surface area contributed by atoms with Crippen molar-refractivity contribution in [2.24, 2.45) is 5.92 Å². The molecule has 1 fully saturated rings. The zero-order valence-corrected chi connectivity index (χ0v) is 13.4. The molecule has 2 amide bonds. The fourth-order valence-corrected chi connectivity index (χ4v) is 3.18. The van der Waals surface area contributed by atoms with Gasteiger partial charge in [0.25, 0.3) is 0 Å². The van der Waals surface area contributed by atoms with E-state index >= 15 is 0 Å². The molecule has 1 heterocycles. The van der Waals surface area contributed by atoms with Gasteiger partial charge in [-0.3, -0.25) is 0 Å². The standard InChI is InChI=1S/C16H24N2O2S/c1-2-21-12-13-5-3-7-15(9-13)17-16(20)18-8-4-6-14(10-18)11-19/h3,5,7,9,14,19H,2,4,6,8,10-12H2,1H3,(H,17,20)/t14-/m0/s1. The Balaban J connectivity index is 1.92. The zero-order valence-electron chi connectivity index (χ0n) is 12.5. The van der Waals surface area contributed by atoms with Crippen molar-refractivity contribution in [1.82, 2.24) is 4.90 Å². The van der Waals surface area contributed by atoms with Crippen molar-refractivity contribution in [3.63, 3.8) is 0 Å². The van der Waals surface area contributed by atoms with Crippen LogP contribution in [0.15, 0.2) is 24.3 Å². The molecule has 5 heteroatoms. The first-order valence-corrected chi connectivity index (χ1v) is 8.72. The summed E-state index contributed by atoms with van der Waals surface area (Å²) in [6.45, 7) is 3.72. The second-order valence-electron chi connectivity index (χ2n) is 5.40. The summed E-state index contributed by atoms with van der Waals surface area (Å²) in [5.74, 6) is 2.28. The van der Waals surface area contributed by atoms with Gasteiger partial charge in [-0.1, -0.05) is 19.1 Å². The van der Waals surface area contributed by atoms with Crippen LogP contribution in [-0.4, -0.2) is 41.5 Å². The number of likely N-dealkylation sites (tertiary alicyclic amines) is 1. The number of carbonyl (C=O) groups excluding carboxylic acids is 1. The highest BCUT2D eigenvalue weighted by molar-refractivity contribution is 7.98. The summed E-state index contributed by atoms with van der Waals surface area (Å²) >= 11 is 1.87. The number of hydrogen-bond acceptors (Lipinski definition) is 3. The zero-order chi connectivity index (χ0) is 15.1. The van der Waals surface area contributed by atoms with Crippen LogP contribution in [0.4, 0.5) is 10.5 Å². The normalized spacial score (nSPS) is 18.6. The van der Waals surface area contributed by atoms with Gasteiger partial charge < -0.3 is 15.3 Å². The SMILES string of the molecule is CCSCc1cccc(NC(=O)N2CCC[C@H](CO)C2)c1. The third kappa shape index (κ3) is 4.93. The van der Waals surface area contributed by atoms with Crippen LogP contribution in [0, 0.1) is 5.92 Å². The predicted molar refractivity (Wildman–Crippen MR) is 88.7 cm³/mol. The third-order valence-electron chi connectivity index (χ3n) is 3.72. The number of anilines is 1. The average molecular weight is 308 g/mol. The van der Waals surface area contributed by atoms with Crippen LogP contribution in [0.2, 0.25) is 0 Å². The van der Waals surface area contributed by atoms with E-state index in [1.807, 2.05) is 30.0 Å². The number of aliphatic hydroxyl groups excluding tert-OH is 1. The number of carbonyl (C=O) groups is 1. The summed E-state index contributed by atoms with van der Waals surface area (Å²) in [7, 11) is 0. The van der Waals surface area contributed by atoms with Gasteiger partial charge in [-0.2, -0.15) is 11.8 Å². The third-order valence-corrected chi connectivity index (χ3v) is 4.66. The summed E-state index contributed by atoms with van der Waals surface area (Å²) in [5.41, 5.74) is 2.08. The Kier molecular flexibility index (Phi) is 6.39. The fourth-order valence-electron chi connectivity index (χ4n) is 2.56. The summed E-state index contributed by atoms with van der Waals surface area (Å²) in [6.07, 6.45) is 1.97. The smallest absolute Gasteiger partial charge is 0.321 e. The van der Waals surface area contributed by atoms with Crippen molar-refractivity contribution >= 4 is 23.5 Å². The number of benzene rings is 1. The first kappa shape index (κ1) is 16.2. The van der Waals surface area contributed by atoms with Gasteiger partial charge >= 0.3 is 6.03 Å². The number of amides is 2. The Morgan fingerprint density at radius 1 is 1.52 bits per heavy atom. The molecule has 0 aromatic heterocycles. The maximum Gasteiger partial charge on any atom is 0.321 e. The highest BCUT2D eigenvalue weighted by Crippen LogP contribution is 2.19. The van der Waals surface area contributed by atoms with Gasteiger partial charge in [0.15, 0.2) is 0 Å².